The number of methoxy groups -OCH3 is 1. The van der Waals surface area contributed by atoms with Gasteiger partial charge in [0.1, 0.15) is 0 Å². The van der Waals surface area contributed by atoms with Crippen LogP contribution in [0.1, 0.15) is 13.8 Å². The SMILES string of the molecule is COCC(CO)NCC(O)COC(C)C. The normalized spacial score (nSPS) is 15.6. The Hall–Kier alpha value is -0.200. The highest BCUT2D eigenvalue weighted by molar-refractivity contribution is 4.67. The summed E-state index contributed by atoms with van der Waals surface area (Å²) in [5.74, 6) is 0. The smallest absolute Gasteiger partial charge is 0.0897 e. The van der Waals surface area contributed by atoms with Crippen LogP contribution in [0, 0.1) is 0 Å². The molecule has 5 heteroatoms. The van der Waals surface area contributed by atoms with Gasteiger partial charge in [-0.15, -0.1) is 0 Å². The molecule has 3 N–H and O–H groups in total. The molecule has 0 saturated heterocycles. The number of rotatable bonds is 9. The van der Waals surface area contributed by atoms with Crippen molar-refractivity contribution >= 4 is 0 Å². The maximum Gasteiger partial charge on any atom is 0.0897 e. The Labute approximate surface area is 91.4 Å². The second-order valence-electron chi connectivity index (χ2n) is 3.78. The van der Waals surface area contributed by atoms with E-state index in [0.29, 0.717) is 19.8 Å². The van der Waals surface area contributed by atoms with Crippen LogP contribution in [0.2, 0.25) is 0 Å². The van der Waals surface area contributed by atoms with Gasteiger partial charge >= 0.3 is 0 Å². The van der Waals surface area contributed by atoms with Crippen LogP contribution < -0.4 is 5.32 Å². The monoisotopic (exact) mass is 221 g/mol. The fraction of sp³-hybridized carbons (Fsp3) is 1.00. The van der Waals surface area contributed by atoms with E-state index in [1.54, 1.807) is 7.11 Å². The lowest BCUT2D eigenvalue weighted by Crippen LogP contribution is -2.42. The van der Waals surface area contributed by atoms with E-state index in [9.17, 15) is 5.11 Å². The molecule has 92 valence electrons. The first-order valence-corrected chi connectivity index (χ1v) is 5.23. The minimum absolute atomic E-state index is 0.00834. The summed E-state index contributed by atoms with van der Waals surface area (Å²) in [5.41, 5.74) is 0. The Morgan fingerprint density at radius 3 is 2.40 bits per heavy atom. The van der Waals surface area contributed by atoms with Crippen molar-refractivity contribution in [1.82, 2.24) is 5.32 Å². The van der Waals surface area contributed by atoms with Gasteiger partial charge in [0.25, 0.3) is 0 Å². The van der Waals surface area contributed by atoms with Gasteiger partial charge in [-0.2, -0.15) is 0 Å². The van der Waals surface area contributed by atoms with E-state index in [1.165, 1.54) is 0 Å². The maximum absolute atomic E-state index is 9.50. The molecule has 0 aliphatic carbocycles. The molecule has 0 bridgehead atoms. The van der Waals surface area contributed by atoms with E-state index in [1.807, 2.05) is 13.8 Å². The highest BCUT2D eigenvalue weighted by atomic mass is 16.5. The van der Waals surface area contributed by atoms with E-state index < -0.39 is 6.10 Å². The molecule has 15 heavy (non-hydrogen) atoms. The summed E-state index contributed by atoms with van der Waals surface area (Å²) >= 11 is 0. The van der Waals surface area contributed by atoms with Gasteiger partial charge in [0.2, 0.25) is 0 Å². The van der Waals surface area contributed by atoms with Crippen LogP contribution >= 0.6 is 0 Å². The molecule has 0 fully saturated rings. The lowest BCUT2D eigenvalue weighted by atomic mass is 10.3. The molecule has 0 saturated carbocycles. The zero-order chi connectivity index (χ0) is 11.7. The average molecular weight is 221 g/mol. The van der Waals surface area contributed by atoms with Gasteiger partial charge in [0.15, 0.2) is 0 Å². The predicted octanol–water partition coefficient (Wildman–Crippen LogP) is -0.631. The summed E-state index contributed by atoms with van der Waals surface area (Å²) in [5, 5.41) is 21.4. The molecular weight excluding hydrogens is 198 g/mol. The van der Waals surface area contributed by atoms with Crippen molar-refractivity contribution in [2.45, 2.75) is 32.1 Å². The van der Waals surface area contributed by atoms with E-state index in [2.05, 4.69) is 5.32 Å². The second-order valence-corrected chi connectivity index (χ2v) is 3.78. The lowest BCUT2D eigenvalue weighted by Gasteiger charge is -2.18. The molecule has 0 radical (unpaired) electrons. The Kier molecular flexibility index (Phi) is 8.94. The molecule has 0 amide bonds. The highest BCUT2D eigenvalue weighted by Crippen LogP contribution is 1.92. The molecule has 0 heterocycles. The van der Waals surface area contributed by atoms with Gasteiger partial charge in [-0.05, 0) is 13.8 Å². The van der Waals surface area contributed by atoms with E-state index in [4.69, 9.17) is 14.6 Å². The molecule has 0 spiro atoms. The second kappa shape index (κ2) is 9.06. The fourth-order valence-electron chi connectivity index (χ4n) is 1.04. The van der Waals surface area contributed by atoms with Crippen molar-refractivity contribution in [2.75, 3.05) is 33.5 Å². The van der Waals surface area contributed by atoms with Gasteiger partial charge in [-0.1, -0.05) is 0 Å². The molecule has 0 rings (SSSR count). The van der Waals surface area contributed by atoms with Gasteiger partial charge in [-0.25, -0.2) is 0 Å². The van der Waals surface area contributed by atoms with E-state index >= 15 is 0 Å². The van der Waals surface area contributed by atoms with Crippen molar-refractivity contribution in [3.8, 4) is 0 Å². The molecule has 5 nitrogen and oxygen atoms in total. The molecule has 0 aromatic carbocycles. The highest BCUT2D eigenvalue weighted by Gasteiger charge is 2.10. The number of aliphatic hydroxyl groups excluding tert-OH is 2. The van der Waals surface area contributed by atoms with Crippen molar-refractivity contribution < 1.29 is 19.7 Å². The molecule has 0 aliphatic rings. The fourth-order valence-corrected chi connectivity index (χ4v) is 1.04. The zero-order valence-corrected chi connectivity index (χ0v) is 9.77. The molecule has 0 aliphatic heterocycles. The van der Waals surface area contributed by atoms with Gasteiger partial charge in [0.05, 0.1) is 38.1 Å². The number of aliphatic hydroxyl groups is 2. The Balaban J connectivity index is 3.54. The maximum atomic E-state index is 9.50. The first kappa shape index (κ1) is 14.8. The van der Waals surface area contributed by atoms with Crippen molar-refractivity contribution in [3.05, 3.63) is 0 Å². The van der Waals surface area contributed by atoms with Crippen molar-refractivity contribution in [2.24, 2.45) is 0 Å². The van der Waals surface area contributed by atoms with Crippen LogP contribution in [-0.4, -0.2) is 61.9 Å². The van der Waals surface area contributed by atoms with Crippen LogP contribution in [0.4, 0.5) is 0 Å². The van der Waals surface area contributed by atoms with Crippen molar-refractivity contribution in [3.63, 3.8) is 0 Å². The molecule has 0 aromatic heterocycles. The number of nitrogens with one attached hydrogen (secondary N) is 1. The quantitative estimate of drug-likeness (QED) is 0.483. The van der Waals surface area contributed by atoms with Gasteiger partial charge in [-0.3, -0.25) is 0 Å². The summed E-state index contributed by atoms with van der Waals surface area (Å²) in [4.78, 5) is 0. The van der Waals surface area contributed by atoms with E-state index in [-0.39, 0.29) is 18.8 Å². The Morgan fingerprint density at radius 1 is 1.27 bits per heavy atom. The minimum atomic E-state index is -0.557. The summed E-state index contributed by atoms with van der Waals surface area (Å²) in [6.45, 7) is 4.94. The first-order chi connectivity index (χ1) is 7.10. The van der Waals surface area contributed by atoms with Gasteiger partial charge in [0, 0.05) is 13.7 Å². The zero-order valence-electron chi connectivity index (χ0n) is 9.77. The molecule has 2 unspecified atom stereocenters. The topological polar surface area (TPSA) is 71.0 Å². The molecule has 0 aromatic rings. The van der Waals surface area contributed by atoms with Crippen LogP contribution in [0.5, 0.6) is 0 Å². The Bertz CT molecular complexity index is 143. The lowest BCUT2D eigenvalue weighted by molar-refractivity contribution is 0.00320. The van der Waals surface area contributed by atoms with Crippen LogP contribution in [0.25, 0.3) is 0 Å². The third kappa shape index (κ3) is 8.77. The standard InChI is InChI=1S/C10H23NO4/c1-8(2)15-7-10(13)4-11-9(5-12)6-14-3/h8-13H,4-7H2,1-3H3. The summed E-state index contributed by atoms with van der Waals surface area (Å²) in [6.07, 6.45) is -0.439. The van der Waals surface area contributed by atoms with Crippen LogP contribution in [-0.2, 0) is 9.47 Å². The van der Waals surface area contributed by atoms with Crippen molar-refractivity contribution in [1.29, 1.82) is 0 Å². The summed E-state index contributed by atoms with van der Waals surface area (Å²) in [6, 6.07) is -0.135. The number of hydrogen-bond acceptors (Lipinski definition) is 5. The largest absolute Gasteiger partial charge is 0.395 e. The first-order valence-electron chi connectivity index (χ1n) is 5.23. The summed E-state index contributed by atoms with van der Waals surface area (Å²) in [7, 11) is 1.57. The summed E-state index contributed by atoms with van der Waals surface area (Å²) < 4.78 is 10.1. The average Bonchev–Trinajstić information content (AvgIpc) is 2.21. The molecule has 2 atom stereocenters. The number of hydrogen-bond donors (Lipinski definition) is 3. The predicted molar refractivity (Wildman–Crippen MR) is 57.8 cm³/mol. The van der Waals surface area contributed by atoms with E-state index in [0.717, 1.165) is 0 Å². The third-order valence-electron chi connectivity index (χ3n) is 1.85. The third-order valence-corrected chi connectivity index (χ3v) is 1.85. The molecular formula is C10H23NO4. The minimum Gasteiger partial charge on any atom is -0.395 e. The van der Waals surface area contributed by atoms with Gasteiger partial charge < -0.3 is 25.0 Å². The number of ether oxygens (including phenoxy) is 2. The van der Waals surface area contributed by atoms with Crippen LogP contribution in [0.15, 0.2) is 0 Å². The Morgan fingerprint density at radius 2 is 1.93 bits per heavy atom. The van der Waals surface area contributed by atoms with Crippen LogP contribution in [0.3, 0.4) is 0 Å².